The SMILES string of the molecule is CCCCOCC1O[C@@H](OCCC)[C@@H](OC(=O)c2ccccc2)C(OC(=O)c2ccccc2)[C@@H]1O[C@@H]1OC(C(=O)OC)[C@@H](O[C@H]2OC(COCCCC)[C@H](O[C@H]3OC(COCCCC)[C@@H](OC(=O)c4ccccc4)[C@H](OCCCC)C3OCCCC)[C@H](OCCCC)C2OCCCC)C(OC(=O)c2ccccc2)[C@@H]1OC(=O)c1ccccc1. The minimum Gasteiger partial charge on any atom is -0.467 e. The van der Waals surface area contributed by atoms with Crippen LogP contribution in [-0.2, 0) is 104 Å². The third kappa shape index (κ3) is 27.7. The first-order chi connectivity index (χ1) is 57.7. The van der Waals surface area contributed by atoms with E-state index in [1.54, 1.807) is 109 Å². The Bertz CT molecular complexity index is 3660. The number of rotatable bonds is 51. The van der Waals surface area contributed by atoms with Crippen LogP contribution in [0, 0.1) is 0 Å². The van der Waals surface area contributed by atoms with Gasteiger partial charge in [-0.05, 0) is 112 Å². The van der Waals surface area contributed by atoms with Crippen LogP contribution in [0.15, 0.2) is 152 Å². The minimum absolute atomic E-state index is 0.0190. The number of hydrogen-bond acceptors (Lipinski definition) is 27. The van der Waals surface area contributed by atoms with Gasteiger partial charge in [-0.3, -0.25) is 0 Å². The molecule has 27 heteroatoms. The van der Waals surface area contributed by atoms with Crippen LogP contribution in [0.5, 0.6) is 0 Å². The van der Waals surface area contributed by atoms with Gasteiger partial charge in [-0.2, -0.15) is 0 Å². The summed E-state index contributed by atoms with van der Waals surface area (Å²) in [5.74, 6) is -5.46. The summed E-state index contributed by atoms with van der Waals surface area (Å²) in [6.07, 6.45) is -20.0. The number of hydrogen-bond donors (Lipinski definition) is 0. The molecule has 4 aliphatic rings. The van der Waals surface area contributed by atoms with Gasteiger partial charge >= 0.3 is 35.8 Å². The fraction of sp³-hybridized carbons (Fsp3) is 0.604. The molecule has 5 aromatic rings. The quantitative estimate of drug-likeness (QED) is 0.0198. The van der Waals surface area contributed by atoms with E-state index in [9.17, 15) is 14.4 Å². The molecular weight excluding hydrogens is 1520 g/mol. The highest BCUT2D eigenvalue weighted by Gasteiger charge is 2.62. The van der Waals surface area contributed by atoms with Gasteiger partial charge < -0.3 is 99.5 Å². The molecule has 0 N–H and O–H groups in total. The minimum atomic E-state index is -2.10. The molecule has 4 saturated heterocycles. The summed E-state index contributed by atoms with van der Waals surface area (Å²) in [5.41, 5.74) is 0.571. The fourth-order valence-corrected chi connectivity index (χ4v) is 13.8. The van der Waals surface area contributed by atoms with Gasteiger partial charge in [-0.1, -0.05) is 191 Å². The number of benzene rings is 5. The predicted molar refractivity (Wildman–Crippen MR) is 432 cm³/mol. The molecule has 20 atom stereocenters. The largest absolute Gasteiger partial charge is 0.467 e. The van der Waals surface area contributed by atoms with Gasteiger partial charge in [0.05, 0.1) is 54.7 Å². The molecule has 0 spiro atoms. The summed E-state index contributed by atoms with van der Waals surface area (Å²) in [4.78, 5) is 90.1. The highest BCUT2D eigenvalue weighted by atomic mass is 16.8. The Labute approximate surface area is 694 Å². The van der Waals surface area contributed by atoms with Crippen molar-refractivity contribution in [3.8, 4) is 0 Å². The Balaban J connectivity index is 1.22. The van der Waals surface area contributed by atoms with Gasteiger partial charge in [0, 0.05) is 52.9 Å². The second kappa shape index (κ2) is 51.8. The molecular formula is C91H124O27. The van der Waals surface area contributed by atoms with E-state index in [-0.39, 0.29) is 88.3 Å². The third-order valence-corrected chi connectivity index (χ3v) is 20.3. The molecule has 4 aliphatic heterocycles. The van der Waals surface area contributed by atoms with Gasteiger partial charge in [0.25, 0.3) is 0 Å². The average Bonchev–Trinajstić information content (AvgIpc) is 0.686. The zero-order chi connectivity index (χ0) is 83.8. The maximum absolute atomic E-state index is 15.5. The van der Waals surface area contributed by atoms with Gasteiger partial charge in [-0.15, -0.1) is 0 Å². The molecule has 0 aromatic heterocycles. The summed E-state index contributed by atoms with van der Waals surface area (Å²) in [7, 11) is 1.12. The molecule has 650 valence electrons. The maximum atomic E-state index is 15.5. The number of carbonyl (C=O) groups is 6. The van der Waals surface area contributed by atoms with Gasteiger partial charge in [-0.25, -0.2) is 28.8 Å². The first kappa shape index (κ1) is 94.2. The summed E-state index contributed by atoms with van der Waals surface area (Å²) in [6, 6.07) is 40.8. The molecule has 9 rings (SSSR count). The predicted octanol–water partition coefficient (Wildman–Crippen LogP) is 14.0. The van der Waals surface area contributed by atoms with Crippen molar-refractivity contribution >= 4 is 35.8 Å². The smallest absolute Gasteiger partial charge is 0.338 e. The Morgan fingerprint density at radius 1 is 0.263 bits per heavy atom. The van der Waals surface area contributed by atoms with E-state index in [1.165, 1.54) is 36.4 Å². The summed E-state index contributed by atoms with van der Waals surface area (Å²) in [6.45, 7) is 17.2. The van der Waals surface area contributed by atoms with E-state index in [2.05, 4.69) is 6.92 Å². The van der Waals surface area contributed by atoms with Crippen LogP contribution in [0.3, 0.4) is 0 Å². The zero-order valence-corrected chi connectivity index (χ0v) is 69.9. The summed E-state index contributed by atoms with van der Waals surface area (Å²) >= 11 is 0. The van der Waals surface area contributed by atoms with E-state index in [1.807, 2.05) is 54.5 Å². The Hall–Kier alpha value is -7.68. The van der Waals surface area contributed by atoms with Crippen LogP contribution in [0.2, 0.25) is 0 Å². The normalized spacial score (nSPS) is 27.0. The lowest BCUT2D eigenvalue weighted by molar-refractivity contribution is -0.391. The van der Waals surface area contributed by atoms with Gasteiger partial charge in [0.1, 0.15) is 61.0 Å². The van der Waals surface area contributed by atoms with Crippen molar-refractivity contribution in [3.63, 3.8) is 0 Å². The van der Waals surface area contributed by atoms with E-state index >= 15 is 14.4 Å². The second-order valence-corrected chi connectivity index (χ2v) is 29.5. The molecule has 4 fully saturated rings. The van der Waals surface area contributed by atoms with Crippen LogP contribution < -0.4 is 0 Å². The zero-order valence-electron chi connectivity index (χ0n) is 69.9. The third-order valence-electron chi connectivity index (χ3n) is 20.3. The average molecular weight is 1650 g/mol. The summed E-state index contributed by atoms with van der Waals surface area (Å²) < 4.78 is 143. The maximum Gasteiger partial charge on any atom is 0.338 e. The topological polar surface area (TPSA) is 296 Å². The Morgan fingerprint density at radius 2 is 0.534 bits per heavy atom. The first-order valence-corrected chi connectivity index (χ1v) is 42.5. The highest BCUT2D eigenvalue weighted by Crippen LogP contribution is 2.42. The number of esters is 6. The van der Waals surface area contributed by atoms with E-state index < -0.39 is 159 Å². The monoisotopic (exact) mass is 1650 g/mol. The van der Waals surface area contributed by atoms with Crippen molar-refractivity contribution in [3.05, 3.63) is 179 Å². The van der Waals surface area contributed by atoms with Crippen LogP contribution in [0.4, 0.5) is 0 Å². The Morgan fingerprint density at radius 3 is 0.881 bits per heavy atom. The van der Waals surface area contributed by atoms with E-state index in [4.69, 9.17) is 99.5 Å². The lowest BCUT2D eigenvalue weighted by Gasteiger charge is -2.51. The van der Waals surface area contributed by atoms with Crippen LogP contribution in [-0.4, -0.2) is 238 Å². The van der Waals surface area contributed by atoms with Crippen LogP contribution in [0.25, 0.3) is 0 Å². The summed E-state index contributed by atoms with van der Waals surface area (Å²) in [5, 5.41) is 0. The van der Waals surface area contributed by atoms with Gasteiger partial charge in [0.15, 0.2) is 61.8 Å². The van der Waals surface area contributed by atoms with Crippen molar-refractivity contribution in [2.24, 2.45) is 0 Å². The number of carbonyl (C=O) groups excluding carboxylic acids is 6. The highest BCUT2D eigenvalue weighted by molar-refractivity contribution is 5.92. The van der Waals surface area contributed by atoms with Crippen molar-refractivity contribution < 1.29 is 128 Å². The molecule has 0 amide bonds. The standard InChI is InChI=1S/C91H124O27/c1-10-18-51-99-58-66-69(110-82(92)61-40-30-25-31-41-61)72(102-54-21-13-4)78(104-56-23-15-6)89(108-66)115-70-67(59-100-52-19-11-2)109-90(79(105-57-24-16-7)73(70)103-55-22-14-5)117-75-76(112-84(94)63-44-34-27-35-45-63)81(114-86(96)65-48-38-29-39-49-65)91(118-77(75)87(97)98-9)116-71-68(60-101-53-20-12-3)107-88(106-50-17-8)80(113-85(95)64-46-36-28-37-47-64)74(71)111-83(93)62-42-32-26-33-43-62/h25-49,66-81,88-91H,10-24,50-60H2,1-9H3/t66?,67?,68?,69-,70+,71-,72+,73+,74?,75+,76?,77?,78?,79?,80+,81+,88-,89-,90-,91-/m1/s1. The van der Waals surface area contributed by atoms with Crippen LogP contribution in [0.1, 0.15) is 203 Å². The molecule has 5 aromatic carbocycles. The van der Waals surface area contributed by atoms with E-state index in [0.29, 0.717) is 70.0 Å². The van der Waals surface area contributed by atoms with Crippen molar-refractivity contribution in [1.82, 2.24) is 0 Å². The second-order valence-electron chi connectivity index (χ2n) is 29.5. The van der Waals surface area contributed by atoms with Gasteiger partial charge in [0.2, 0.25) is 0 Å². The molecule has 0 radical (unpaired) electrons. The molecule has 8 unspecified atom stereocenters. The fourth-order valence-electron chi connectivity index (χ4n) is 13.8. The molecule has 4 heterocycles. The Kier molecular flexibility index (Phi) is 41.4. The number of unbranched alkanes of at least 4 members (excludes halogenated alkanes) is 7. The lowest BCUT2D eigenvalue weighted by Crippen LogP contribution is -2.70. The van der Waals surface area contributed by atoms with Crippen molar-refractivity contribution in [2.45, 2.75) is 275 Å². The van der Waals surface area contributed by atoms with Crippen LogP contribution >= 0.6 is 0 Å². The van der Waals surface area contributed by atoms with E-state index in [0.717, 1.165) is 45.6 Å². The lowest BCUT2D eigenvalue weighted by atomic mass is 9.94. The molecule has 0 aliphatic carbocycles. The van der Waals surface area contributed by atoms with Crippen molar-refractivity contribution in [2.75, 3.05) is 79.8 Å². The van der Waals surface area contributed by atoms with Crippen molar-refractivity contribution in [1.29, 1.82) is 0 Å². The molecule has 0 saturated carbocycles. The molecule has 0 bridgehead atoms. The number of ether oxygens (including phenoxy) is 21. The first-order valence-electron chi connectivity index (χ1n) is 42.5. The molecule has 27 nitrogen and oxygen atoms in total. The number of methoxy groups -OCH3 is 1. The molecule has 118 heavy (non-hydrogen) atoms.